The molecule has 0 unspecified atom stereocenters. The van der Waals surface area contributed by atoms with E-state index >= 15 is 0 Å². The first kappa shape index (κ1) is 30.9. The molecule has 5 rings (SSSR count). The smallest absolute Gasteiger partial charge is 0.264 e. The second kappa shape index (κ2) is 13.8. The van der Waals surface area contributed by atoms with Crippen LogP contribution in [0.3, 0.4) is 0 Å². The standard InChI is InChI=1S/C33H32ClN3O6S/c1-35-33(39)29(20-24-9-4-2-5-10-24)36(22-25-11-8-12-26(34)19-25)32(38)23-37(44(40,41)28-13-6-3-7-14-28)27-15-16-30-31(21-27)43-18-17-42-30/h2-16,19,21,29H,17-18,20,22-23H2,1H3,(H,35,39)/t29-/m1/s1. The SMILES string of the molecule is CNC(=O)[C@@H](Cc1ccccc1)N(Cc1cccc(Cl)c1)C(=O)CN(c1ccc2c(c1)OCCO2)S(=O)(=O)c1ccccc1. The monoisotopic (exact) mass is 633 g/mol. The van der Waals surface area contributed by atoms with Gasteiger partial charge in [-0.2, -0.15) is 0 Å². The molecule has 9 nitrogen and oxygen atoms in total. The maximum absolute atomic E-state index is 14.4. The van der Waals surface area contributed by atoms with Crippen molar-refractivity contribution in [1.82, 2.24) is 10.2 Å². The van der Waals surface area contributed by atoms with E-state index in [2.05, 4.69) is 5.32 Å². The zero-order valence-corrected chi connectivity index (χ0v) is 25.6. The van der Waals surface area contributed by atoms with Gasteiger partial charge in [-0.3, -0.25) is 13.9 Å². The van der Waals surface area contributed by atoms with E-state index in [9.17, 15) is 18.0 Å². The van der Waals surface area contributed by atoms with Gasteiger partial charge in [-0.25, -0.2) is 8.42 Å². The van der Waals surface area contributed by atoms with Crippen molar-refractivity contribution in [3.8, 4) is 11.5 Å². The van der Waals surface area contributed by atoms with Crippen LogP contribution >= 0.6 is 11.6 Å². The molecule has 2 amide bonds. The lowest BCUT2D eigenvalue weighted by molar-refractivity contribution is -0.139. The number of sulfonamides is 1. The van der Waals surface area contributed by atoms with E-state index in [1.54, 1.807) is 60.7 Å². The predicted octanol–water partition coefficient (Wildman–Crippen LogP) is 4.69. The van der Waals surface area contributed by atoms with Crippen LogP contribution in [0.4, 0.5) is 5.69 Å². The molecule has 0 saturated carbocycles. The Morgan fingerprint density at radius 1 is 0.841 bits per heavy atom. The molecule has 1 aliphatic heterocycles. The maximum Gasteiger partial charge on any atom is 0.264 e. The maximum atomic E-state index is 14.4. The van der Waals surface area contributed by atoms with Crippen LogP contribution in [0.1, 0.15) is 11.1 Å². The first-order chi connectivity index (χ1) is 21.3. The van der Waals surface area contributed by atoms with Gasteiger partial charge in [-0.1, -0.05) is 72.3 Å². The number of halogens is 1. The quantitative estimate of drug-likeness (QED) is 0.257. The number of amides is 2. The van der Waals surface area contributed by atoms with E-state index in [1.807, 2.05) is 30.3 Å². The number of fused-ring (bicyclic) bond motifs is 1. The van der Waals surface area contributed by atoms with Crippen molar-refractivity contribution in [2.45, 2.75) is 23.9 Å². The third-order valence-corrected chi connectivity index (χ3v) is 9.21. The third-order valence-electron chi connectivity index (χ3n) is 7.18. The minimum atomic E-state index is -4.23. The lowest BCUT2D eigenvalue weighted by Crippen LogP contribution is -2.53. The Labute approximate surface area is 262 Å². The van der Waals surface area contributed by atoms with Crippen molar-refractivity contribution >= 4 is 39.1 Å². The number of likely N-dealkylation sites (N-methyl/N-ethyl adjacent to an activating group) is 1. The Kier molecular flexibility index (Phi) is 9.72. The zero-order chi connectivity index (χ0) is 31.1. The molecule has 1 heterocycles. The molecule has 44 heavy (non-hydrogen) atoms. The number of nitrogens with one attached hydrogen (secondary N) is 1. The van der Waals surface area contributed by atoms with Crippen molar-refractivity contribution in [3.05, 3.63) is 119 Å². The number of anilines is 1. The number of carbonyl (C=O) groups is 2. The topological polar surface area (TPSA) is 105 Å². The van der Waals surface area contributed by atoms with E-state index in [0.29, 0.717) is 35.3 Å². The van der Waals surface area contributed by atoms with E-state index in [0.717, 1.165) is 9.87 Å². The van der Waals surface area contributed by atoms with Crippen LogP contribution in [0.25, 0.3) is 0 Å². The number of ether oxygens (including phenoxy) is 2. The van der Waals surface area contributed by atoms with Gasteiger partial charge in [0.1, 0.15) is 25.8 Å². The van der Waals surface area contributed by atoms with E-state index in [4.69, 9.17) is 21.1 Å². The minimum absolute atomic E-state index is 0.0104. The van der Waals surface area contributed by atoms with E-state index < -0.39 is 28.5 Å². The third kappa shape index (κ3) is 7.15. The molecule has 1 aliphatic rings. The fourth-order valence-electron chi connectivity index (χ4n) is 4.99. The lowest BCUT2D eigenvalue weighted by Gasteiger charge is -2.34. The van der Waals surface area contributed by atoms with Crippen LogP contribution in [0.15, 0.2) is 108 Å². The van der Waals surface area contributed by atoms with Gasteiger partial charge in [0.15, 0.2) is 11.5 Å². The average molecular weight is 634 g/mol. The van der Waals surface area contributed by atoms with Gasteiger partial charge in [0.05, 0.1) is 10.6 Å². The van der Waals surface area contributed by atoms with Gasteiger partial charge in [-0.15, -0.1) is 0 Å². The highest BCUT2D eigenvalue weighted by atomic mass is 35.5. The van der Waals surface area contributed by atoms with E-state index in [1.165, 1.54) is 24.1 Å². The van der Waals surface area contributed by atoms with Gasteiger partial charge in [0.25, 0.3) is 10.0 Å². The Morgan fingerprint density at radius 3 is 2.18 bits per heavy atom. The molecule has 0 fully saturated rings. The number of benzene rings is 4. The first-order valence-corrected chi connectivity index (χ1v) is 15.8. The van der Waals surface area contributed by atoms with Crippen LogP contribution in [0.5, 0.6) is 11.5 Å². The Balaban J connectivity index is 1.57. The summed E-state index contributed by atoms with van der Waals surface area (Å²) in [6.07, 6.45) is 0.211. The van der Waals surface area contributed by atoms with Crippen LogP contribution in [-0.4, -0.2) is 58.0 Å². The molecule has 4 aromatic carbocycles. The summed E-state index contributed by atoms with van der Waals surface area (Å²) in [6.45, 7) is 0.115. The highest BCUT2D eigenvalue weighted by molar-refractivity contribution is 7.92. The fourth-order valence-corrected chi connectivity index (χ4v) is 6.63. The molecule has 0 aliphatic carbocycles. The summed E-state index contributed by atoms with van der Waals surface area (Å²) in [5, 5.41) is 3.14. The van der Waals surface area contributed by atoms with Crippen molar-refractivity contribution in [1.29, 1.82) is 0 Å². The summed E-state index contributed by atoms with van der Waals surface area (Å²) < 4.78 is 40.6. The highest BCUT2D eigenvalue weighted by Gasteiger charge is 2.34. The Morgan fingerprint density at radius 2 is 1.50 bits per heavy atom. The molecule has 0 aromatic heterocycles. The molecule has 1 N–H and O–H groups in total. The average Bonchev–Trinajstić information content (AvgIpc) is 3.05. The molecule has 0 spiro atoms. The summed E-state index contributed by atoms with van der Waals surface area (Å²) in [7, 11) is -2.73. The highest BCUT2D eigenvalue weighted by Crippen LogP contribution is 2.36. The van der Waals surface area contributed by atoms with Crippen molar-refractivity contribution in [2.75, 3.05) is 31.1 Å². The van der Waals surface area contributed by atoms with Gasteiger partial charge in [0, 0.05) is 31.1 Å². The van der Waals surface area contributed by atoms with Gasteiger partial charge < -0.3 is 19.7 Å². The summed E-state index contributed by atoms with van der Waals surface area (Å²) in [6, 6.07) is 28.0. The predicted molar refractivity (Wildman–Crippen MR) is 168 cm³/mol. The van der Waals surface area contributed by atoms with Gasteiger partial charge >= 0.3 is 0 Å². The number of hydrogen-bond acceptors (Lipinski definition) is 6. The molecule has 0 radical (unpaired) electrons. The molecule has 4 aromatic rings. The summed E-state index contributed by atoms with van der Waals surface area (Å²) in [5.74, 6) is -0.115. The fraction of sp³-hybridized carbons (Fsp3) is 0.212. The second-order valence-electron chi connectivity index (χ2n) is 10.1. The molecular weight excluding hydrogens is 602 g/mol. The van der Waals surface area contributed by atoms with Crippen molar-refractivity contribution < 1.29 is 27.5 Å². The Bertz CT molecular complexity index is 1720. The molecule has 0 bridgehead atoms. The molecule has 11 heteroatoms. The molecule has 1 atom stereocenters. The minimum Gasteiger partial charge on any atom is -0.486 e. The normalized spacial score (nSPS) is 13.0. The molecule has 0 saturated heterocycles. The largest absolute Gasteiger partial charge is 0.486 e. The number of rotatable bonds is 11. The van der Waals surface area contributed by atoms with Crippen LogP contribution < -0.4 is 19.1 Å². The summed E-state index contributed by atoms with van der Waals surface area (Å²) in [5.41, 5.74) is 1.74. The van der Waals surface area contributed by atoms with Gasteiger partial charge in [-0.05, 0) is 47.5 Å². The zero-order valence-electron chi connectivity index (χ0n) is 24.1. The van der Waals surface area contributed by atoms with Gasteiger partial charge in [0.2, 0.25) is 11.8 Å². The molecular formula is C33H32ClN3O6S. The van der Waals surface area contributed by atoms with Crippen LogP contribution in [0.2, 0.25) is 5.02 Å². The number of nitrogens with zero attached hydrogens (tertiary/aromatic N) is 2. The van der Waals surface area contributed by atoms with Crippen molar-refractivity contribution in [3.63, 3.8) is 0 Å². The summed E-state index contributed by atoms with van der Waals surface area (Å²) >= 11 is 6.26. The van der Waals surface area contributed by atoms with Crippen molar-refractivity contribution in [2.24, 2.45) is 0 Å². The van der Waals surface area contributed by atoms with Crippen LogP contribution in [-0.2, 0) is 32.6 Å². The summed E-state index contributed by atoms with van der Waals surface area (Å²) in [4.78, 5) is 29.2. The number of carbonyl (C=O) groups excluding carboxylic acids is 2. The number of hydrogen-bond donors (Lipinski definition) is 1. The molecule has 228 valence electrons. The first-order valence-electron chi connectivity index (χ1n) is 14.0. The van der Waals surface area contributed by atoms with E-state index in [-0.39, 0.29) is 29.5 Å². The lowest BCUT2D eigenvalue weighted by atomic mass is 10.0. The van der Waals surface area contributed by atoms with Crippen LogP contribution in [0, 0.1) is 0 Å². The second-order valence-corrected chi connectivity index (χ2v) is 12.4. The Hall–Kier alpha value is -4.54.